The highest BCUT2D eigenvalue weighted by molar-refractivity contribution is 5.98. The normalized spacial score (nSPS) is 21.5. The van der Waals surface area contributed by atoms with Crippen molar-refractivity contribution in [3.05, 3.63) is 0 Å². The molecule has 0 aliphatic heterocycles. The summed E-state index contributed by atoms with van der Waals surface area (Å²) < 4.78 is 0. The van der Waals surface area contributed by atoms with Crippen LogP contribution in [-0.2, 0) is 9.59 Å². The summed E-state index contributed by atoms with van der Waals surface area (Å²) in [5.41, 5.74) is 0. The minimum absolute atomic E-state index is 0.0244. The Labute approximate surface area is 135 Å². The molecule has 0 aromatic carbocycles. The Hall–Kier alpha value is -0.900. The van der Waals surface area contributed by atoms with Crippen LogP contribution in [0.3, 0.4) is 0 Å². The van der Waals surface area contributed by atoms with Gasteiger partial charge in [0.2, 0.25) is 5.91 Å². The van der Waals surface area contributed by atoms with Crippen LogP contribution in [0.4, 0.5) is 0 Å². The maximum Gasteiger partial charge on any atom is 0.227 e. The average molecular weight is 311 g/mol. The molecule has 1 rings (SSSR count). The zero-order chi connectivity index (χ0) is 16.2. The quantitative estimate of drug-likeness (QED) is 0.453. The van der Waals surface area contributed by atoms with Crippen molar-refractivity contribution < 1.29 is 14.7 Å². The van der Waals surface area contributed by atoms with Gasteiger partial charge in [-0.2, -0.15) is 0 Å². The fraction of sp³-hybridized carbons (Fsp3) is 0.889. The number of carbonyl (C=O) groups is 2. The lowest BCUT2D eigenvalue weighted by molar-refractivity contribution is -0.129. The third-order valence-corrected chi connectivity index (χ3v) is 4.49. The largest absolute Gasteiger partial charge is 0.391 e. The fourth-order valence-electron chi connectivity index (χ4n) is 3.08. The molecule has 0 saturated heterocycles. The molecule has 0 radical (unpaired) electrons. The molecule has 0 bridgehead atoms. The third kappa shape index (κ3) is 8.52. The van der Waals surface area contributed by atoms with Crippen LogP contribution in [0.25, 0.3) is 0 Å². The molecule has 0 aromatic rings. The lowest BCUT2D eigenvalue weighted by atomic mass is 9.92. The Bertz CT molecular complexity index is 330. The molecule has 0 heterocycles. The SMILES string of the molecule is CCCCCCCCCC(=O)CC(=O)N[C@H]1CCCC[C@@H]1O. The van der Waals surface area contributed by atoms with Crippen LogP contribution in [-0.4, -0.2) is 28.9 Å². The van der Waals surface area contributed by atoms with Gasteiger partial charge in [0.1, 0.15) is 5.78 Å². The lowest BCUT2D eigenvalue weighted by Crippen LogP contribution is -2.45. The summed E-state index contributed by atoms with van der Waals surface area (Å²) in [4.78, 5) is 23.6. The molecule has 1 saturated carbocycles. The van der Waals surface area contributed by atoms with E-state index in [-0.39, 0.29) is 24.2 Å². The molecule has 2 N–H and O–H groups in total. The smallest absolute Gasteiger partial charge is 0.227 e. The first-order valence-electron chi connectivity index (χ1n) is 9.12. The Kier molecular flexibility index (Phi) is 10.1. The van der Waals surface area contributed by atoms with Crippen molar-refractivity contribution in [2.45, 2.75) is 103 Å². The molecule has 2 atom stereocenters. The van der Waals surface area contributed by atoms with Crippen molar-refractivity contribution in [3.8, 4) is 0 Å². The van der Waals surface area contributed by atoms with Crippen molar-refractivity contribution >= 4 is 11.7 Å². The summed E-state index contributed by atoms with van der Waals surface area (Å²) in [5.74, 6) is -0.199. The molecular weight excluding hydrogens is 278 g/mol. The third-order valence-electron chi connectivity index (χ3n) is 4.49. The topological polar surface area (TPSA) is 66.4 Å². The van der Waals surface area contributed by atoms with Crippen LogP contribution >= 0.6 is 0 Å². The van der Waals surface area contributed by atoms with Crippen LogP contribution in [0.1, 0.15) is 90.4 Å². The summed E-state index contributed by atoms with van der Waals surface area (Å²) in [7, 11) is 0. The van der Waals surface area contributed by atoms with Gasteiger partial charge in [0.25, 0.3) is 0 Å². The number of hydrogen-bond acceptors (Lipinski definition) is 3. The molecule has 1 aliphatic carbocycles. The zero-order valence-corrected chi connectivity index (χ0v) is 14.1. The van der Waals surface area contributed by atoms with Crippen LogP contribution < -0.4 is 5.32 Å². The Morgan fingerprint density at radius 2 is 1.64 bits per heavy atom. The highest BCUT2D eigenvalue weighted by Gasteiger charge is 2.24. The van der Waals surface area contributed by atoms with Crippen LogP contribution in [0.2, 0.25) is 0 Å². The first-order valence-corrected chi connectivity index (χ1v) is 9.12. The molecular formula is C18H33NO3. The van der Waals surface area contributed by atoms with Crippen LogP contribution in [0.15, 0.2) is 0 Å². The van der Waals surface area contributed by atoms with Crippen molar-refractivity contribution in [2.75, 3.05) is 0 Å². The van der Waals surface area contributed by atoms with Gasteiger partial charge in [-0.15, -0.1) is 0 Å². The molecule has 1 amide bonds. The second kappa shape index (κ2) is 11.6. The van der Waals surface area contributed by atoms with Crippen molar-refractivity contribution in [1.29, 1.82) is 0 Å². The zero-order valence-electron chi connectivity index (χ0n) is 14.1. The number of hydrogen-bond donors (Lipinski definition) is 2. The van der Waals surface area contributed by atoms with Gasteiger partial charge in [-0.3, -0.25) is 9.59 Å². The Morgan fingerprint density at radius 3 is 2.32 bits per heavy atom. The number of Topliss-reactive ketones (excluding diaryl/α,β-unsaturated/α-hetero) is 1. The number of nitrogens with one attached hydrogen (secondary N) is 1. The van der Waals surface area contributed by atoms with Gasteiger partial charge in [0.15, 0.2) is 0 Å². The number of ketones is 1. The van der Waals surface area contributed by atoms with Gasteiger partial charge in [-0.1, -0.05) is 58.3 Å². The number of rotatable bonds is 11. The molecule has 128 valence electrons. The molecule has 1 aliphatic rings. The lowest BCUT2D eigenvalue weighted by Gasteiger charge is -2.28. The van der Waals surface area contributed by atoms with Gasteiger partial charge in [0.05, 0.1) is 18.6 Å². The second-order valence-corrected chi connectivity index (χ2v) is 6.61. The van der Waals surface area contributed by atoms with E-state index in [4.69, 9.17) is 0 Å². The number of unbranched alkanes of at least 4 members (excludes halogenated alkanes) is 6. The highest BCUT2D eigenvalue weighted by atomic mass is 16.3. The van der Waals surface area contributed by atoms with Crippen molar-refractivity contribution in [1.82, 2.24) is 5.32 Å². The predicted molar refractivity (Wildman–Crippen MR) is 88.6 cm³/mol. The Balaban J connectivity index is 2.05. The van der Waals surface area contributed by atoms with Crippen LogP contribution in [0, 0.1) is 0 Å². The summed E-state index contributed by atoms with van der Waals surface area (Å²) in [6, 6.07) is -0.160. The Morgan fingerprint density at radius 1 is 1.00 bits per heavy atom. The van der Waals surface area contributed by atoms with Gasteiger partial charge in [0, 0.05) is 6.42 Å². The summed E-state index contributed by atoms with van der Waals surface area (Å²) in [6.45, 7) is 2.20. The average Bonchev–Trinajstić information content (AvgIpc) is 2.48. The predicted octanol–water partition coefficient (Wildman–Crippen LogP) is 3.51. The molecule has 0 unspecified atom stereocenters. The highest BCUT2D eigenvalue weighted by Crippen LogP contribution is 2.18. The fourth-order valence-corrected chi connectivity index (χ4v) is 3.08. The summed E-state index contributed by atoms with van der Waals surface area (Å²) in [6.07, 6.45) is 11.9. The van der Waals surface area contributed by atoms with E-state index in [9.17, 15) is 14.7 Å². The van der Waals surface area contributed by atoms with Gasteiger partial charge in [-0.05, 0) is 19.3 Å². The molecule has 4 heteroatoms. The van der Waals surface area contributed by atoms with Gasteiger partial charge in [-0.25, -0.2) is 0 Å². The molecule has 1 fully saturated rings. The number of amides is 1. The second-order valence-electron chi connectivity index (χ2n) is 6.61. The first kappa shape index (κ1) is 19.1. The molecule has 0 spiro atoms. The van der Waals surface area contributed by atoms with E-state index in [1.807, 2.05) is 0 Å². The maximum absolute atomic E-state index is 11.8. The maximum atomic E-state index is 11.8. The van der Waals surface area contributed by atoms with E-state index < -0.39 is 6.10 Å². The summed E-state index contributed by atoms with van der Waals surface area (Å²) >= 11 is 0. The van der Waals surface area contributed by atoms with Crippen molar-refractivity contribution in [2.24, 2.45) is 0 Å². The van der Waals surface area contributed by atoms with Crippen LogP contribution in [0.5, 0.6) is 0 Å². The standard InChI is InChI=1S/C18H33NO3/c1-2-3-4-5-6-7-8-11-15(20)14-18(22)19-16-12-9-10-13-17(16)21/h16-17,21H,2-14H2,1H3,(H,19,22)/t16-,17-/m0/s1. The van der Waals surface area contributed by atoms with E-state index in [0.29, 0.717) is 6.42 Å². The minimum Gasteiger partial charge on any atom is -0.391 e. The number of carbonyl (C=O) groups excluding carboxylic acids is 2. The first-order chi connectivity index (χ1) is 10.6. The van der Waals surface area contributed by atoms with E-state index in [0.717, 1.165) is 38.5 Å². The molecule has 22 heavy (non-hydrogen) atoms. The van der Waals surface area contributed by atoms with Crippen molar-refractivity contribution in [3.63, 3.8) is 0 Å². The van der Waals surface area contributed by atoms with Gasteiger partial charge >= 0.3 is 0 Å². The van der Waals surface area contributed by atoms with E-state index in [2.05, 4.69) is 12.2 Å². The van der Waals surface area contributed by atoms with E-state index >= 15 is 0 Å². The number of aliphatic hydroxyl groups excluding tert-OH is 1. The molecule has 0 aromatic heterocycles. The van der Waals surface area contributed by atoms with E-state index in [1.54, 1.807) is 0 Å². The molecule has 4 nitrogen and oxygen atoms in total. The van der Waals surface area contributed by atoms with Gasteiger partial charge < -0.3 is 10.4 Å². The minimum atomic E-state index is -0.448. The number of aliphatic hydroxyl groups is 1. The summed E-state index contributed by atoms with van der Waals surface area (Å²) in [5, 5.41) is 12.6. The van der Waals surface area contributed by atoms with E-state index in [1.165, 1.54) is 32.1 Å². The monoisotopic (exact) mass is 311 g/mol.